The number of carbonyl (C=O) groups excluding carboxylic acids is 1. The van der Waals surface area contributed by atoms with Crippen LogP contribution in [0.1, 0.15) is 53.0 Å². The van der Waals surface area contributed by atoms with Crippen LogP contribution in [0.3, 0.4) is 0 Å². The number of amides is 1. The van der Waals surface area contributed by atoms with Crippen LogP contribution in [-0.4, -0.2) is 32.6 Å². The molecular formula is C21H23N3O2. The Morgan fingerprint density at radius 1 is 1.31 bits per heavy atom. The molecule has 1 aromatic heterocycles. The van der Waals surface area contributed by atoms with E-state index in [2.05, 4.69) is 27.1 Å². The fourth-order valence-corrected chi connectivity index (χ4v) is 3.17. The average molecular weight is 349 g/mol. The van der Waals surface area contributed by atoms with Gasteiger partial charge in [-0.3, -0.25) is 9.78 Å². The highest BCUT2D eigenvalue weighted by Crippen LogP contribution is 2.28. The second-order valence-electron chi connectivity index (χ2n) is 6.96. The van der Waals surface area contributed by atoms with Gasteiger partial charge in [-0.15, -0.1) is 0 Å². The van der Waals surface area contributed by atoms with Crippen molar-refractivity contribution >= 4 is 5.91 Å². The van der Waals surface area contributed by atoms with Crippen LogP contribution in [0.2, 0.25) is 0 Å². The quantitative estimate of drug-likeness (QED) is 0.817. The van der Waals surface area contributed by atoms with E-state index in [4.69, 9.17) is 0 Å². The molecule has 1 unspecified atom stereocenters. The highest BCUT2D eigenvalue weighted by atomic mass is 16.3. The first-order valence-electron chi connectivity index (χ1n) is 8.85. The number of rotatable bonds is 2. The molecule has 0 saturated heterocycles. The van der Waals surface area contributed by atoms with Gasteiger partial charge in [0.2, 0.25) is 0 Å². The largest absolute Gasteiger partial charge is 0.378 e. The summed E-state index contributed by atoms with van der Waals surface area (Å²) in [5.41, 5.74) is 1.99. The number of aryl methyl sites for hydroxylation is 2. The van der Waals surface area contributed by atoms with Gasteiger partial charge in [-0.1, -0.05) is 24.0 Å². The smallest absolute Gasteiger partial charge is 0.271 e. The van der Waals surface area contributed by atoms with Crippen LogP contribution in [0.15, 0.2) is 36.7 Å². The van der Waals surface area contributed by atoms with Crippen molar-refractivity contribution in [3.8, 4) is 11.8 Å². The molecule has 1 aromatic carbocycles. The second kappa shape index (κ2) is 7.67. The van der Waals surface area contributed by atoms with Crippen LogP contribution in [0.4, 0.5) is 0 Å². The van der Waals surface area contributed by atoms with E-state index in [9.17, 15) is 9.90 Å². The Bertz CT molecular complexity index is 852. The Balaban J connectivity index is 1.66. The number of carbonyl (C=O) groups is 1. The van der Waals surface area contributed by atoms with Crippen LogP contribution in [-0.2, 0) is 0 Å². The van der Waals surface area contributed by atoms with Gasteiger partial charge in [-0.2, -0.15) is 0 Å². The zero-order chi connectivity index (χ0) is 18.6. The van der Waals surface area contributed by atoms with E-state index < -0.39 is 5.60 Å². The Morgan fingerprint density at radius 3 is 2.88 bits per heavy atom. The number of nitrogens with zero attached hydrogens (tertiary/aromatic N) is 2. The Morgan fingerprint density at radius 2 is 2.15 bits per heavy atom. The molecule has 134 valence electrons. The van der Waals surface area contributed by atoms with Gasteiger partial charge in [0.25, 0.3) is 5.91 Å². The van der Waals surface area contributed by atoms with Crippen molar-refractivity contribution in [3.05, 3.63) is 59.2 Å². The maximum atomic E-state index is 12.3. The first kappa shape index (κ1) is 18.1. The molecule has 26 heavy (non-hydrogen) atoms. The fraction of sp³-hybridized carbons (Fsp3) is 0.381. The van der Waals surface area contributed by atoms with E-state index in [0.717, 1.165) is 29.7 Å². The maximum absolute atomic E-state index is 12.3. The minimum Gasteiger partial charge on any atom is -0.378 e. The van der Waals surface area contributed by atoms with E-state index in [1.54, 1.807) is 6.20 Å². The van der Waals surface area contributed by atoms with Crippen molar-refractivity contribution in [2.45, 2.75) is 51.2 Å². The van der Waals surface area contributed by atoms with Crippen LogP contribution >= 0.6 is 0 Å². The number of hydrogen-bond donors (Lipinski definition) is 2. The molecule has 1 saturated carbocycles. The Labute approximate surface area is 153 Å². The molecule has 0 spiro atoms. The van der Waals surface area contributed by atoms with E-state index in [1.807, 2.05) is 38.1 Å². The lowest BCUT2D eigenvalue weighted by Crippen LogP contribution is -2.45. The summed E-state index contributed by atoms with van der Waals surface area (Å²) in [6, 6.07) is 7.77. The topological polar surface area (TPSA) is 75.1 Å². The fourth-order valence-electron chi connectivity index (χ4n) is 3.17. The summed E-state index contributed by atoms with van der Waals surface area (Å²) in [4.78, 5) is 20.5. The van der Waals surface area contributed by atoms with E-state index >= 15 is 0 Å². The molecule has 0 bridgehead atoms. The zero-order valence-corrected chi connectivity index (χ0v) is 15.1. The normalized spacial score (nSPS) is 22.2. The Hall–Kier alpha value is -2.71. The summed E-state index contributed by atoms with van der Waals surface area (Å²) < 4.78 is 0. The van der Waals surface area contributed by atoms with Crippen molar-refractivity contribution in [1.82, 2.24) is 15.3 Å². The first-order chi connectivity index (χ1) is 12.4. The van der Waals surface area contributed by atoms with E-state index in [-0.39, 0.29) is 17.6 Å². The highest BCUT2D eigenvalue weighted by Gasteiger charge is 2.33. The molecular weight excluding hydrogens is 326 g/mol. The standard InChI is InChI=1S/C21H23N3O2/c1-15-5-3-6-17(11-15)8-10-21(26)9-4-7-18(12-21)24-20(25)19-14-22-16(2)13-23-19/h3,5-6,11,13-14,18,26H,4,7,9,12H2,1-2H3,(H,24,25)/t18-,21?/m1/s1. The Kier molecular flexibility index (Phi) is 5.34. The second-order valence-corrected chi connectivity index (χ2v) is 6.96. The van der Waals surface area contributed by atoms with Gasteiger partial charge in [0.05, 0.1) is 11.9 Å². The van der Waals surface area contributed by atoms with Crippen LogP contribution in [0.25, 0.3) is 0 Å². The van der Waals surface area contributed by atoms with Crippen LogP contribution in [0.5, 0.6) is 0 Å². The summed E-state index contributed by atoms with van der Waals surface area (Å²) in [5, 5.41) is 13.8. The number of nitrogens with one attached hydrogen (secondary N) is 1. The third-order valence-corrected chi connectivity index (χ3v) is 4.53. The number of aromatic nitrogens is 2. The summed E-state index contributed by atoms with van der Waals surface area (Å²) in [6.45, 7) is 3.84. The molecule has 2 aromatic rings. The van der Waals surface area contributed by atoms with E-state index in [1.165, 1.54) is 6.20 Å². The third kappa shape index (κ3) is 4.68. The zero-order valence-electron chi connectivity index (χ0n) is 15.1. The summed E-state index contributed by atoms with van der Waals surface area (Å²) in [6.07, 6.45) is 5.69. The van der Waals surface area contributed by atoms with Crippen molar-refractivity contribution < 1.29 is 9.90 Å². The van der Waals surface area contributed by atoms with Crippen LogP contribution in [0, 0.1) is 25.7 Å². The lowest BCUT2D eigenvalue weighted by Gasteiger charge is -2.33. The van der Waals surface area contributed by atoms with Crippen molar-refractivity contribution in [1.29, 1.82) is 0 Å². The molecule has 1 heterocycles. The molecule has 3 rings (SSSR count). The molecule has 5 nitrogen and oxygen atoms in total. The number of hydrogen-bond acceptors (Lipinski definition) is 4. The van der Waals surface area contributed by atoms with Gasteiger partial charge in [0.1, 0.15) is 11.3 Å². The molecule has 1 fully saturated rings. The number of aliphatic hydroxyl groups is 1. The van der Waals surface area contributed by atoms with Gasteiger partial charge >= 0.3 is 0 Å². The van der Waals surface area contributed by atoms with E-state index in [0.29, 0.717) is 12.8 Å². The molecule has 5 heteroatoms. The van der Waals surface area contributed by atoms with Gasteiger partial charge in [-0.25, -0.2) is 4.98 Å². The molecule has 0 radical (unpaired) electrons. The predicted molar refractivity (Wildman–Crippen MR) is 99.5 cm³/mol. The van der Waals surface area contributed by atoms with Gasteiger partial charge in [0, 0.05) is 24.2 Å². The molecule has 2 N–H and O–H groups in total. The van der Waals surface area contributed by atoms with Crippen molar-refractivity contribution in [2.75, 3.05) is 0 Å². The maximum Gasteiger partial charge on any atom is 0.271 e. The van der Waals surface area contributed by atoms with Gasteiger partial charge in [0.15, 0.2) is 0 Å². The van der Waals surface area contributed by atoms with Crippen molar-refractivity contribution in [2.24, 2.45) is 0 Å². The van der Waals surface area contributed by atoms with Gasteiger partial charge in [-0.05, 0) is 50.8 Å². The molecule has 1 amide bonds. The summed E-state index contributed by atoms with van der Waals surface area (Å²) in [5.74, 6) is 5.83. The first-order valence-corrected chi connectivity index (χ1v) is 8.85. The third-order valence-electron chi connectivity index (χ3n) is 4.53. The number of benzene rings is 1. The van der Waals surface area contributed by atoms with Crippen LogP contribution < -0.4 is 5.32 Å². The monoisotopic (exact) mass is 349 g/mol. The molecule has 1 aliphatic rings. The highest BCUT2D eigenvalue weighted by molar-refractivity contribution is 5.92. The molecule has 2 atom stereocenters. The van der Waals surface area contributed by atoms with Crippen molar-refractivity contribution in [3.63, 3.8) is 0 Å². The average Bonchev–Trinajstić information content (AvgIpc) is 2.61. The summed E-state index contributed by atoms with van der Waals surface area (Å²) in [7, 11) is 0. The molecule has 0 aliphatic heterocycles. The minimum absolute atomic E-state index is 0.129. The lowest BCUT2D eigenvalue weighted by atomic mass is 9.82. The predicted octanol–water partition coefficient (Wildman–Crippen LogP) is 2.55. The SMILES string of the molecule is Cc1cccc(C#CC2(O)CCC[C@@H](NC(=O)c3cnc(C)cn3)C2)c1. The minimum atomic E-state index is -1.08. The van der Waals surface area contributed by atoms with Gasteiger partial charge < -0.3 is 10.4 Å². The lowest BCUT2D eigenvalue weighted by molar-refractivity contribution is 0.0451. The molecule has 1 aliphatic carbocycles. The summed E-state index contributed by atoms with van der Waals surface area (Å²) >= 11 is 0.